The summed E-state index contributed by atoms with van der Waals surface area (Å²) in [5.41, 5.74) is 6.83. The van der Waals surface area contributed by atoms with E-state index in [0.717, 1.165) is 55.0 Å². The highest BCUT2D eigenvalue weighted by Gasteiger charge is 2.17. The minimum atomic E-state index is 0.601. The van der Waals surface area contributed by atoms with Gasteiger partial charge >= 0.3 is 0 Å². The molecular weight excluding hydrogens is 607 g/mol. The van der Waals surface area contributed by atoms with Gasteiger partial charge in [-0.25, -0.2) is 15.0 Å². The Balaban J connectivity index is 1.13. The average molecular weight is 632 g/mol. The van der Waals surface area contributed by atoms with Crippen LogP contribution in [0.1, 0.15) is 0 Å². The Morgan fingerprint density at radius 3 is 1.90 bits per heavy atom. The van der Waals surface area contributed by atoms with Crippen LogP contribution in [0.2, 0.25) is 0 Å². The third-order valence-electron chi connectivity index (χ3n) is 9.16. The number of hydrogen-bond acceptors (Lipinski definition) is 5. The second-order valence-corrected chi connectivity index (χ2v) is 13.1. The molecule has 0 spiro atoms. The minimum absolute atomic E-state index is 0.601. The van der Waals surface area contributed by atoms with Gasteiger partial charge in [0, 0.05) is 47.6 Å². The van der Waals surface area contributed by atoms with Crippen LogP contribution in [0.4, 0.5) is 0 Å². The molecule has 0 aliphatic rings. The van der Waals surface area contributed by atoms with E-state index in [0.29, 0.717) is 17.5 Å². The maximum absolute atomic E-state index is 6.24. The molecule has 7 aromatic carbocycles. The number of nitrogens with zero attached hydrogens (tertiary/aromatic N) is 3. The van der Waals surface area contributed by atoms with Crippen molar-refractivity contribution in [1.82, 2.24) is 15.0 Å². The lowest BCUT2D eigenvalue weighted by Crippen LogP contribution is -2.00. The molecule has 0 aliphatic heterocycles. The van der Waals surface area contributed by atoms with Crippen molar-refractivity contribution < 1.29 is 4.42 Å². The van der Waals surface area contributed by atoms with E-state index in [2.05, 4.69) is 127 Å². The van der Waals surface area contributed by atoms with Gasteiger partial charge in [-0.15, -0.1) is 11.3 Å². The summed E-state index contributed by atoms with van der Waals surface area (Å²) in [5.74, 6) is 1.86. The van der Waals surface area contributed by atoms with Crippen molar-refractivity contribution in [1.29, 1.82) is 0 Å². The first-order chi connectivity index (χ1) is 23.8. The predicted molar refractivity (Wildman–Crippen MR) is 199 cm³/mol. The third kappa shape index (κ3) is 4.33. The molecule has 5 heteroatoms. The summed E-state index contributed by atoms with van der Waals surface area (Å²) >= 11 is 1.84. The molecule has 0 unspecified atom stereocenters. The van der Waals surface area contributed by atoms with E-state index >= 15 is 0 Å². The number of benzene rings is 7. The Morgan fingerprint density at radius 2 is 1.00 bits per heavy atom. The fourth-order valence-electron chi connectivity index (χ4n) is 6.81. The topological polar surface area (TPSA) is 51.8 Å². The first-order valence-electron chi connectivity index (χ1n) is 15.9. The molecular formula is C43H25N3OS. The Bertz CT molecular complexity index is 2840. The van der Waals surface area contributed by atoms with Gasteiger partial charge in [-0.1, -0.05) is 127 Å². The van der Waals surface area contributed by atoms with Crippen molar-refractivity contribution in [3.63, 3.8) is 0 Å². The van der Waals surface area contributed by atoms with Gasteiger partial charge < -0.3 is 4.42 Å². The Morgan fingerprint density at radius 1 is 0.396 bits per heavy atom. The summed E-state index contributed by atoms with van der Waals surface area (Å²) in [5, 5.41) is 7.00. The van der Waals surface area contributed by atoms with E-state index in [9.17, 15) is 0 Å². The van der Waals surface area contributed by atoms with Crippen molar-refractivity contribution >= 4 is 64.2 Å². The molecule has 224 valence electrons. The zero-order valence-electron chi connectivity index (χ0n) is 25.6. The highest BCUT2D eigenvalue weighted by molar-refractivity contribution is 7.26. The molecule has 0 saturated carbocycles. The standard InChI is InChI=1S/C43H25N3OS/c1-2-11-30-26(9-1)10-7-16-36(30)43-45-41(44-42(46-43)29-23-24-33-32-12-3-5-17-37(32)47-38(33)25-29)28-21-19-27(20-22-28)31-14-8-15-35-34-13-4-6-18-39(34)48-40(31)35/h1-25H. The van der Waals surface area contributed by atoms with Gasteiger partial charge in [0.15, 0.2) is 17.5 Å². The van der Waals surface area contributed by atoms with E-state index in [-0.39, 0.29) is 0 Å². The van der Waals surface area contributed by atoms with Gasteiger partial charge in [0.25, 0.3) is 0 Å². The van der Waals surface area contributed by atoms with E-state index in [1.165, 1.54) is 25.7 Å². The van der Waals surface area contributed by atoms with Crippen molar-refractivity contribution in [2.24, 2.45) is 0 Å². The van der Waals surface area contributed by atoms with Crippen molar-refractivity contribution in [2.75, 3.05) is 0 Å². The van der Waals surface area contributed by atoms with E-state index < -0.39 is 0 Å². The summed E-state index contributed by atoms with van der Waals surface area (Å²) in [6.45, 7) is 0. The summed E-state index contributed by atoms with van der Waals surface area (Å²) in [7, 11) is 0. The summed E-state index contributed by atoms with van der Waals surface area (Å²) in [6, 6.07) is 52.7. The zero-order chi connectivity index (χ0) is 31.6. The largest absolute Gasteiger partial charge is 0.456 e. The van der Waals surface area contributed by atoms with Crippen LogP contribution in [0.15, 0.2) is 156 Å². The average Bonchev–Trinajstić information content (AvgIpc) is 3.73. The minimum Gasteiger partial charge on any atom is -0.456 e. The molecule has 0 saturated heterocycles. The molecule has 0 radical (unpaired) electrons. The highest BCUT2D eigenvalue weighted by Crippen LogP contribution is 2.40. The van der Waals surface area contributed by atoms with Gasteiger partial charge in [-0.2, -0.15) is 0 Å². The number of thiophene rings is 1. The Hall–Kier alpha value is -6.17. The van der Waals surface area contributed by atoms with E-state index in [1.54, 1.807) is 0 Å². The normalized spacial score (nSPS) is 11.8. The molecule has 4 nitrogen and oxygen atoms in total. The fraction of sp³-hybridized carbons (Fsp3) is 0. The van der Waals surface area contributed by atoms with Crippen LogP contribution >= 0.6 is 11.3 Å². The maximum atomic E-state index is 6.24. The molecule has 0 bridgehead atoms. The molecule has 10 rings (SSSR count). The smallest absolute Gasteiger partial charge is 0.164 e. The molecule has 0 aliphatic carbocycles. The van der Waals surface area contributed by atoms with E-state index in [1.807, 2.05) is 35.6 Å². The van der Waals surface area contributed by atoms with Crippen molar-refractivity contribution in [3.8, 4) is 45.3 Å². The van der Waals surface area contributed by atoms with Crippen LogP contribution in [0, 0.1) is 0 Å². The second kappa shape index (κ2) is 10.7. The molecule has 0 fully saturated rings. The Kier molecular flexibility index (Phi) is 6.01. The fourth-order valence-corrected chi connectivity index (χ4v) is 8.05. The zero-order valence-corrected chi connectivity index (χ0v) is 26.4. The summed E-state index contributed by atoms with van der Waals surface area (Å²) in [4.78, 5) is 15.2. The van der Waals surface area contributed by atoms with Crippen molar-refractivity contribution in [3.05, 3.63) is 152 Å². The lowest BCUT2D eigenvalue weighted by Gasteiger charge is -2.11. The number of fused-ring (bicyclic) bond motifs is 7. The maximum Gasteiger partial charge on any atom is 0.164 e. The molecule has 0 amide bonds. The SMILES string of the molecule is c1ccc2c(-c3nc(-c4ccc(-c5cccc6c5sc5ccccc56)cc4)nc(-c4ccc5c(c4)oc4ccccc45)n3)cccc2c1. The van der Waals surface area contributed by atoms with Gasteiger partial charge in [0.05, 0.1) is 0 Å². The third-order valence-corrected chi connectivity index (χ3v) is 10.4. The van der Waals surface area contributed by atoms with Crippen LogP contribution in [0.25, 0.3) is 98.2 Å². The van der Waals surface area contributed by atoms with Crippen LogP contribution in [-0.2, 0) is 0 Å². The van der Waals surface area contributed by atoms with Gasteiger partial charge in [0.2, 0.25) is 0 Å². The van der Waals surface area contributed by atoms with E-state index in [4.69, 9.17) is 19.4 Å². The lowest BCUT2D eigenvalue weighted by atomic mass is 10.0. The first kappa shape index (κ1) is 27.0. The molecule has 10 aromatic rings. The van der Waals surface area contributed by atoms with Gasteiger partial charge in [-0.3, -0.25) is 0 Å². The van der Waals surface area contributed by atoms with Crippen LogP contribution in [-0.4, -0.2) is 15.0 Å². The van der Waals surface area contributed by atoms with Crippen molar-refractivity contribution in [2.45, 2.75) is 0 Å². The summed E-state index contributed by atoms with van der Waals surface area (Å²) < 4.78 is 8.84. The number of rotatable bonds is 4. The predicted octanol–water partition coefficient (Wildman–Crippen LogP) is 12.0. The quantitative estimate of drug-likeness (QED) is 0.194. The molecule has 3 heterocycles. The second-order valence-electron chi connectivity index (χ2n) is 12.0. The number of para-hydroxylation sites is 1. The molecule has 3 aromatic heterocycles. The molecule has 0 N–H and O–H groups in total. The van der Waals surface area contributed by atoms with Gasteiger partial charge in [0.1, 0.15) is 11.2 Å². The number of aromatic nitrogens is 3. The number of hydrogen-bond donors (Lipinski definition) is 0. The highest BCUT2D eigenvalue weighted by atomic mass is 32.1. The number of furan rings is 1. The molecule has 48 heavy (non-hydrogen) atoms. The monoisotopic (exact) mass is 631 g/mol. The Labute approximate surface area is 279 Å². The first-order valence-corrected chi connectivity index (χ1v) is 16.8. The van der Waals surface area contributed by atoms with Gasteiger partial charge in [-0.05, 0) is 46.2 Å². The van der Waals surface area contributed by atoms with Crippen LogP contribution in [0.3, 0.4) is 0 Å². The lowest BCUT2D eigenvalue weighted by molar-refractivity contribution is 0.669. The van der Waals surface area contributed by atoms with Crippen LogP contribution < -0.4 is 0 Å². The van der Waals surface area contributed by atoms with Crippen LogP contribution in [0.5, 0.6) is 0 Å². The molecule has 0 atom stereocenters. The summed E-state index contributed by atoms with van der Waals surface area (Å²) in [6.07, 6.45) is 0.